The van der Waals surface area contributed by atoms with Crippen LogP contribution in [0.15, 0.2) is 12.7 Å². The molecule has 0 aromatic carbocycles. The van der Waals surface area contributed by atoms with Crippen molar-refractivity contribution in [2.24, 2.45) is 5.92 Å². The number of amides is 1. The molecule has 0 rings (SSSR count). The molecule has 0 aromatic heterocycles. The Bertz CT molecular complexity index is 215. The molecule has 0 aliphatic carbocycles. The summed E-state index contributed by atoms with van der Waals surface area (Å²) >= 11 is 0. The van der Waals surface area contributed by atoms with Crippen LogP contribution in [0.1, 0.15) is 13.3 Å². The Morgan fingerprint density at radius 2 is 2.29 bits per heavy atom. The molecule has 0 saturated heterocycles. The minimum absolute atomic E-state index is 0.153. The lowest BCUT2D eigenvalue weighted by atomic mass is 10.1. The van der Waals surface area contributed by atoms with Crippen molar-refractivity contribution in [1.29, 1.82) is 0 Å². The van der Waals surface area contributed by atoms with Gasteiger partial charge in [-0.2, -0.15) is 0 Å². The van der Waals surface area contributed by atoms with Crippen LogP contribution in [0.5, 0.6) is 0 Å². The maximum Gasteiger partial charge on any atom is 0.407 e. The molecule has 0 bridgehead atoms. The molecule has 1 unspecified atom stereocenters. The van der Waals surface area contributed by atoms with Gasteiger partial charge in [-0.15, -0.1) is 0 Å². The predicted octanol–water partition coefficient (Wildman–Crippen LogP) is 1.01. The van der Waals surface area contributed by atoms with Crippen LogP contribution >= 0.6 is 0 Å². The van der Waals surface area contributed by atoms with Gasteiger partial charge in [0.05, 0.1) is 5.92 Å². The fraction of sp³-hybridized carbons (Fsp3) is 0.556. The van der Waals surface area contributed by atoms with E-state index in [0.29, 0.717) is 13.0 Å². The highest BCUT2D eigenvalue weighted by atomic mass is 16.5. The summed E-state index contributed by atoms with van der Waals surface area (Å²) in [6, 6.07) is 0. The minimum Gasteiger partial charge on any atom is -0.481 e. The summed E-state index contributed by atoms with van der Waals surface area (Å²) in [7, 11) is 0. The Morgan fingerprint density at radius 1 is 1.64 bits per heavy atom. The number of carboxylic acid groups (broad SMARTS) is 1. The quantitative estimate of drug-likeness (QED) is 0.629. The molecule has 5 nitrogen and oxygen atoms in total. The number of hydrogen-bond donors (Lipinski definition) is 2. The fourth-order valence-corrected chi connectivity index (χ4v) is 0.700. The number of rotatable bonds is 6. The summed E-state index contributed by atoms with van der Waals surface area (Å²) < 4.78 is 4.62. The van der Waals surface area contributed by atoms with E-state index in [-0.39, 0.29) is 6.61 Å². The lowest BCUT2D eigenvalue weighted by Crippen LogP contribution is -2.27. The highest BCUT2D eigenvalue weighted by Gasteiger charge is 2.10. The first kappa shape index (κ1) is 12.5. The van der Waals surface area contributed by atoms with E-state index in [1.807, 2.05) is 0 Å². The summed E-state index contributed by atoms with van der Waals surface area (Å²) in [6.07, 6.45) is 1.29. The molecule has 0 fully saturated rings. The molecule has 0 spiro atoms. The van der Waals surface area contributed by atoms with Crippen LogP contribution < -0.4 is 5.32 Å². The summed E-state index contributed by atoms with van der Waals surface area (Å²) in [6.45, 7) is 5.41. The third-order valence-electron chi connectivity index (χ3n) is 1.60. The van der Waals surface area contributed by atoms with Crippen LogP contribution in [0.3, 0.4) is 0 Å². The van der Waals surface area contributed by atoms with Gasteiger partial charge >= 0.3 is 12.1 Å². The van der Waals surface area contributed by atoms with Gasteiger partial charge in [0.2, 0.25) is 0 Å². The zero-order chi connectivity index (χ0) is 11.0. The number of carbonyl (C=O) groups excluding carboxylic acids is 1. The summed E-state index contributed by atoms with van der Waals surface area (Å²) in [5.74, 6) is -1.33. The number of carbonyl (C=O) groups is 2. The van der Waals surface area contributed by atoms with E-state index in [2.05, 4.69) is 16.6 Å². The smallest absolute Gasteiger partial charge is 0.407 e. The molecule has 0 aromatic rings. The normalized spacial score (nSPS) is 11.5. The van der Waals surface area contributed by atoms with Gasteiger partial charge in [-0.3, -0.25) is 4.79 Å². The van der Waals surface area contributed by atoms with E-state index in [1.54, 1.807) is 6.92 Å². The van der Waals surface area contributed by atoms with Crippen molar-refractivity contribution in [1.82, 2.24) is 5.32 Å². The zero-order valence-corrected chi connectivity index (χ0v) is 8.16. The first-order valence-corrected chi connectivity index (χ1v) is 4.32. The van der Waals surface area contributed by atoms with Crippen molar-refractivity contribution in [3.8, 4) is 0 Å². The first-order valence-electron chi connectivity index (χ1n) is 4.32. The Hall–Kier alpha value is -1.52. The molecule has 1 amide bonds. The van der Waals surface area contributed by atoms with E-state index in [9.17, 15) is 9.59 Å². The molecule has 0 heterocycles. The lowest BCUT2D eigenvalue weighted by molar-refractivity contribution is -0.141. The van der Waals surface area contributed by atoms with Crippen LogP contribution in [0.2, 0.25) is 0 Å². The maximum atomic E-state index is 10.8. The van der Waals surface area contributed by atoms with Gasteiger partial charge in [0, 0.05) is 6.54 Å². The van der Waals surface area contributed by atoms with Crippen LogP contribution in [-0.4, -0.2) is 30.3 Å². The Kier molecular flexibility index (Phi) is 6.19. The van der Waals surface area contributed by atoms with Crippen molar-refractivity contribution in [3.05, 3.63) is 12.7 Å². The average Bonchev–Trinajstić information content (AvgIpc) is 2.14. The topological polar surface area (TPSA) is 75.6 Å². The molecule has 0 aliphatic heterocycles. The molecule has 1 atom stereocenters. The van der Waals surface area contributed by atoms with E-state index in [1.165, 1.54) is 6.08 Å². The molecule has 0 aliphatic rings. The predicted molar refractivity (Wildman–Crippen MR) is 51.0 cm³/mol. The third-order valence-corrected chi connectivity index (χ3v) is 1.60. The molecule has 2 N–H and O–H groups in total. The number of alkyl carbamates (subject to hydrolysis) is 1. The molecule has 0 radical (unpaired) electrons. The van der Waals surface area contributed by atoms with Crippen molar-refractivity contribution < 1.29 is 19.4 Å². The first-order chi connectivity index (χ1) is 6.57. The number of nitrogens with one attached hydrogen (secondary N) is 1. The molecule has 5 heteroatoms. The summed E-state index contributed by atoms with van der Waals surface area (Å²) in [5, 5.41) is 11.0. The second-order valence-electron chi connectivity index (χ2n) is 2.84. The Labute approximate surface area is 82.7 Å². The van der Waals surface area contributed by atoms with E-state index < -0.39 is 18.0 Å². The molecule has 80 valence electrons. The Balaban J connectivity index is 3.48. The van der Waals surface area contributed by atoms with Crippen LogP contribution in [0.25, 0.3) is 0 Å². The van der Waals surface area contributed by atoms with E-state index >= 15 is 0 Å². The highest BCUT2D eigenvalue weighted by Crippen LogP contribution is 1.99. The van der Waals surface area contributed by atoms with Gasteiger partial charge < -0.3 is 15.2 Å². The van der Waals surface area contributed by atoms with Gasteiger partial charge in [0.1, 0.15) is 6.61 Å². The number of aliphatic carboxylic acids is 1. The molecule has 14 heavy (non-hydrogen) atoms. The zero-order valence-electron chi connectivity index (χ0n) is 8.16. The van der Waals surface area contributed by atoms with Gasteiger partial charge in [0.25, 0.3) is 0 Å². The minimum atomic E-state index is -0.869. The van der Waals surface area contributed by atoms with Crippen molar-refractivity contribution in [2.75, 3.05) is 13.2 Å². The molecule has 0 saturated carbocycles. The Morgan fingerprint density at radius 3 is 2.79 bits per heavy atom. The molecular weight excluding hydrogens is 186 g/mol. The number of hydrogen-bond acceptors (Lipinski definition) is 3. The standard InChI is InChI=1S/C9H15NO4/c1-3-6-14-9(13)10-5-4-7(2)8(11)12/h3,7H,1,4-6H2,2H3,(H,10,13)(H,11,12). The lowest BCUT2D eigenvalue weighted by Gasteiger charge is -2.07. The highest BCUT2D eigenvalue weighted by molar-refractivity contribution is 5.70. The third kappa shape index (κ3) is 6.05. The number of ether oxygens (including phenoxy) is 1. The number of carboxylic acids is 1. The van der Waals surface area contributed by atoms with Gasteiger partial charge in [-0.1, -0.05) is 19.6 Å². The van der Waals surface area contributed by atoms with Gasteiger partial charge in [0.15, 0.2) is 0 Å². The fourth-order valence-electron chi connectivity index (χ4n) is 0.700. The SMILES string of the molecule is C=CCOC(=O)NCCC(C)C(=O)O. The van der Waals surface area contributed by atoms with E-state index in [4.69, 9.17) is 5.11 Å². The summed E-state index contributed by atoms with van der Waals surface area (Å²) in [4.78, 5) is 21.2. The van der Waals surface area contributed by atoms with Crippen molar-refractivity contribution >= 4 is 12.1 Å². The second-order valence-corrected chi connectivity index (χ2v) is 2.84. The monoisotopic (exact) mass is 201 g/mol. The van der Waals surface area contributed by atoms with Gasteiger partial charge in [-0.05, 0) is 6.42 Å². The summed E-state index contributed by atoms with van der Waals surface area (Å²) in [5.41, 5.74) is 0. The van der Waals surface area contributed by atoms with Crippen LogP contribution in [-0.2, 0) is 9.53 Å². The maximum absolute atomic E-state index is 10.8. The largest absolute Gasteiger partial charge is 0.481 e. The van der Waals surface area contributed by atoms with E-state index in [0.717, 1.165) is 0 Å². The van der Waals surface area contributed by atoms with Crippen molar-refractivity contribution in [3.63, 3.8) is 0 Å². The average molecular weight is 201 g/mol. The van der Waals surface area contributed by atoms with Gasteiger partial charge in [-0.25, -0.2) is 4.79 Å². The molecular formula is C9H15NO4. The van der Waals surface area contributed by atoms with Crippen LogP contribution in [0, 0.1) is 5.92 Å². The second kappa shape index (κ2) is 6.94. The van der Waals surface area contributed by atoms with Crippen LogP contribution in [0.4, 0.5) is 4.79 Å². The van der Waals surface area contributed by atoms with Crippen molar-refractivity contribution in [2.45, 2.75) is 13.3 Å².